The maximum atomic E-state index is 13.1. The van der Waals surface area contributed by atoms with E-state index in [2.05, 4.69) is 4.98 Å². The molecular weight excluding hydrogens is 372 g/mol. The van der Waals surface area contributed by atoms with Gasteiger partial charge < -0.3 is 4.90 Å². The number of fused-ring (bicyclic) bond motifs is 3. The molecular formula is C21H22N4O4. The number of carbonyl (C=O) groups is 3. The summed E-state index contributed by atoms with van der Waals surface area (Å²) in [6.45, 7) is -0.0457. The fraction of sp³-hybridized carbons (Fsp3) is 0.476. The number of piperidine rings is 1. The van der Waals surface area contributed by atoms with Crippen LogP contribution in [-0.2, 0) is 20.9 Å². The van der Waals surface area contributed by atoms with Crippen LogP contribution in [0.3, 0.4) is 0 Å². The number of amides is 3. The summed E-state index contributed by atoms with van der Waals surface area (Å²) in [5.41, 5.74) is 0.390. The number of imide groups is 1. The molecule has 2 unspecified atom stereocenters. The van der Waals surface area contributed by atoms with Crippen molar-refractivity contribution in [1.29, 1.82) is 0 Å². The molecule has 5 rings (SSSR count). The summed E-state index contributed by atoms with van der Waals surface area (Å²) >= 11 is 0. The lowest BCUT2D eigenvalue weighted by molar-refractivity contribution is -0.144. The lowest BCUT2D eigenvalue weighted by Crippen LogP contribution is -2.54. The molecule has 2 aromatic rings. The van der Waals surface area contributed by atoms with E-state index in [4.69, 9.17) is 0 Å². The molecule has 1 aromatic heterocycles. The van der Waals surface area contributed by atoms with Crippen LogP contribution in [0.1, 0.15) is 38.5 Å². The fourth-order valence-corrected chi connectivity index (χ4v) is 5.21. The zero-order chi connectivity index (χ0) is 20.1. The van der Waals surface area contributed by atoms with Crippen molar-refractivity contribution in [1.82, 2.24) is 19.4 Å². The summed E-state index contributed by atoms with van der Waals surface area (Å²) in [6.07, 6.45) is 5.02. The Hall–Kier alpha value is -3.03. The molecule has 4 heterocycles. The number of hydrogen-bond donors (Lipinski definition) is 0. The molecule has 8 nitrogen and oxygen atoms in total. The van der Waals surface area contributed by atoms with Crippen LogP contribution in [0.25, 0.3) is 10.9 Å². The van der Waals surface area contributed by atoms with Crippen LogP contribution in [0.15, 0.2) is 35.4 Å². The van der Waals surface area contributed by atoms with Crippen LogP contribution in [-0.4, -0.2) is 55.2 Å². The van der Waals surface area contributed by atoms with Crippen molar-refractivity contribution >= 4 is 28.6 Å². The van der Waals surface area contributed by atoms with Gasteiger partial charge in [0, 0.05) is 31.0 Å². The van der Waals surface area contributed by atoms with Gasteiger partial charge >= 0.3 is 0 Å². The second-order valence-corrected chi connectivity index (χ2v) is 8.16. The van der Waals surface area contributed by atoms with Gasteiger partial charge in [-0.2, -0.15) is 0 Å². The van der Waals surface area contributed by atoms with Gasteiger partial charge in [0.1, 0.15) is 6.54 Å². The molecule has 0 saturated carbocycles. The maximum Gasteiger partial charge on any atom is 0.261 e. The molecule has 150 valence electrons. The van der Waals surface area contributed by atoms with E-state index >= 15 is 0 Å². The van der Waals surface area contributed by atoms with Crippen LogP contribution in [0.4, 0.5) is 0 Å². The second kappa shape index (κ2) is 6.79. The highest BCUT2D eigenvalue weighted by atomic mass is 16.2. The van der Waals surface area contributed by atoms with Crippen molar-refractivity contribution in [3.8, 4) is 0 Å². The topological polar surface area (TPSA) is 92.6 Å². The van der Waals surface area contributed by atoms with Crippen molar-refractivity contribution in [2.45, 2.75) is 63.2 Å². The summed E-state index contributed by atoms with van der Waals surface area (Å²) in [7, 11) is 0. The number of likely N-dealkylation sites (tertiary alicyclic amines) is 1. The number of rotatable bonds is 3. The first-order valence-corrected chi connectivity index (χ1v) is 10.1. The Bertz CT molecular complexity index is 1050. The largest absolute Gasteiger partial charge is 0.335 e. The predicted molar refractivity (Wildman–Crippen MR) is 104 cm³/mol. The van der Waals surface area contributed by atoms with Crippen LogP contribution in [0.5, 0.6) is 0 Å². The first-order valence-electron chi connectivity index (χ1n) is 10.1. The van der Waals surface area contributed by atoms with Crippen molar-refractivity contribution in [2.24, 2.45) is 0 Å². The van der Waals surface area contributed by atoms with E-state index in [1.54, 1.807) is 18.2 Å². The Morgan fingerprint density at radius 2 is 1.62 bits per heavy atom. The van der Waals surface area contributed by atoms with E-state index in [0.717, 1.165) is 12.8 Å². The molecule has 3 aliphatic rings. The number of para-hydroxylation sites is 1. The number of hydrogen-bond acceptors (Lipinski definition) is 5. The molecule has 3 saturated heterocycles. The van der Waals surface area contributed by atoms with Crippen LogP contribution in [0.2, 0.25) is 0 Å². The van der Waals surface area contributed by atoms with E-state index in [1.807, 2.05) is 11.0 Å². The zero-order valence-electron chi connectivity index (χ0n) is 16.0. The Labute approximate surface area is 167 Å². The van der Waals surface area contributed by atoms with Gasteiger partial charge in [-0.3, -0.25) is 28.6 Å². The molecule has 0 spiro atoms. The number of aromatic nitrogens is 2. The molecule has 1 aromatic carbocycles. The number of benzene rings is 1. The van der Waals surface area contributed by atoms with Crippen LogP contribution in [0, 0.1) is 0 Å². The molecule has 0 aliphatic carbocycles. The van der Waals surface area contributed by atoms with E-state index in [1.165, 1.54) is 15.8 Å². The van der Waals surface area contributed by atoms with E-state index in [0.29, 0.717) is 36.6 Å². The summed E-state index contributed by atoms with van der Waals surface area (Å²) in [5, 5.41) is 0.496. The third-order valence-electron chi connectivity index (χ3n) is 6.49. The monoisotopic (exact) mass is 394 g/mol. The SMILES string of the molecule is O=C1CCC(=O)N1C1CC2CCC(C1)N2C(=O)Cn1cnc2ccccc2c1=O. The van der Waals surface area contributed by atoms with Gasteiger partial charge in [-0.25, -0.2) is 4.98 Å². The average molecular weight is 394 g/mol. The molecule has 2 bridgehead atoms. The standard InChI is InChI=1S/C21H22N4O4/c26-18-7-8-19(27)25(18)15-9-13-5-6-14(10-15)24(13)20(28)11-23-12-22-17-4-2-1-3-16(17)21(23)29/h1-4,12-15H,5-11H2. The van der Waals surface area contributed by atoms with Gasteiger partial charge in [0.2, 0.25) is 17.7 Å². The van der Waals surface area contributed by atoms with Crippen molar-refractivity contribution in [3.05, 3.63) is 40.9 Å². The Morgan fingerprint density at radius 3 is 2.31 bits per heavy atom. The van der Waals surface area contributed by atoms with Crippen molar-refractivity contribution < 1.29 is 14.4 Å². The highest BCUT2D eigenvalue weighted by Crippen LogP contribution is 2.39. The molecule has 0 radical (unpaired) electrons. The Kier molecular flexibility index (Phi) is 4.22. The van der Waals surface area contributed by atoms with Crippen LogP contribution < -0.4 is 5.56 Å². The minimum atomic E-state index is -0.223. The second-order valence-electron chi connectivity index (χ2n) is 8.16. The fourth-order valence-electron chi connectivity index (χ4n) is 5.21. The Morgan fingerprint density at radius 1 is 0.966 bits per heavy atom. The highest BCUT2D eigenvalue weighted by Gasteiger charge is 2.47. The number of carbonyl (C=O) groups excluding carboxylic acids is 3. The normalized spacial score (nSPS) is 26.6. The minimum absolute atomic E-state index is 0.0107. The van der Waals surface area contributed by atoms with Gasteiger partial charge in [-0.05, 0) is 37.8 Å². The van der Waals surface area contributed by atoms with Crippen LogP contribution >= 0.6 is 0 Å². The summed E-state index contributed by atoms with van der Waals surface area (Å²) in [4.78, 5) is 57.6. The molecule has 0 N–H and O–H groups in total. The van der Waals surface area contributed by atoms with Gasteiger partial charge in [0.25, 0.3) is 5.56 Å². The molecule has 3 aliphatic heterocycles. The minimum Gasteiger partial charge on any atom is -0.335 e. The molecule has 29 heavy (non-hydrogen) atoms. The lowest BCUT2D eigenvalue weighted by atomic mass is 9.96. The van der Waals surface area contributed by atoms with Gasteiger partial charge in [-0.15, -0.1) is 0 Å². The van der Waals surface area contributed by atoms with E-state index in [-0.39, 0.29) is 48.0 Å². The molecule has 3 fully saturated rings. The lowest BCUT2D eigenvalue weighted by Gasteiger charge is -2.41. The smallest absolute Gasteiger partial charge is 0.261 e. The third kappa shape index (κ3) is 2.94. The van der Waals surface area contributed by atoms with E-state index < -0.39 is 0 Å². The van der Waals surface area contributed by atoms with Gasteiger partial charge in [-0.1, -0.05) is 12.1 Å². The first kappa shape index (κ1) is 18.0. The average Bonchev–Trinajstić information content (AvgIpc) is 3.19. The third-order valence-corrected chi connectivity index (χ3v) is 6.49. The maximum absolute atomic E-state index is 13.1. The number of nitrogens with zero attached hydrogens (tertiary/aromatic N) is 4. The molecule has 3 amide bonds. The quantitative estimate of drug-likeness (QED) is 0.726. The van der Waals surface area contributed by atoms with E-state index in [9.17, 15) is 19.2 Å². The summed E-state index contributed by atoms with van der Waals surface area (Å²) in [6, 6.07) is 7.00. The van der Waals surface area contributed by atoms with Crippen molar-refractivity contribution in [3.63, 3.8) is 0 Å². The predicted octanol–water partition coefficient (Wildman–Crippen LogP) is 1.07. The summed E-state index contributed by atoms with van der Waals surface area (Å²) < 4.78 is 1.36. The Balaban J connectivity index is 1.34. The van der Waals surface area contributed by atoms with Gasteiger partial charge in [0.05, 0.1) is 17.2 Å². The zero-order valence-corrected chi connectivity index (χ0v) is 16.0. The molecule has 8 heteroatoms. The molecule has 2 atom stereocenters. The first-order chi connectivity index (χ1) is 14.0. The highest BCUT2D eigenvalue weighted by molar-refractivity contribution is 6.02. The van der Waals surface area contributed by atoms with Gasteiger partial charge in [0.15, 0.2) is 0 Å². The van der Waals surface area contributed by atoms with Crippen molar-refractivity contribution in [2.75, 3.05) is 0 Å². The summed E-state index contributed by atoms with van der Waals surface area (Å²) in [5.74, 6) is -0.282.